The van der Waals surface area contributed by atoms with Crippen LogP contribution in [0.3, 0.4) is 0 Å². The SMILES string of the molecule is O=C(OC(COCc1ccccc1)COCc1ccccc1)[C@@H]1CCCCN1S(=O)(=O)N(c1cccnc1C(F)(F)F)N1CCOCC1. The van der Waals surface area contributed by atoms with Crippen LogP contribution in [0.15, 0.2) is 79.0 Å². The Kier molecular flexibility index (Phi) is 12.4. The molecule has 2 fully saturated rings. The van der Waals surface area contributed by atoms with E-state index in [1.807, 2.05) is 60.7 Å². The molecule has 3 heterocycles. The van der Waals surface area contributed by atoms with Gasteiger partial charge in [0.2, 0.25) is 0 Å². The first kappa shape index (κ1) is 35.7. The van der Waals surface area contributed by atoms with Gasteiger partial charge in [0, 0.05) is 25.8 Å². The van der Waals surface area contributed by atoms with Gasteiger partial charge in [-0.1, -0.05) is 60.7 Å². The smallest absolute Gasteiger partial charge is 0.435 e. The van der Waals surface area contributed by atoms with Crippen LogP contribution in [0.2, 0.25) is 0 Å². The number of halogens is 3. The first-order chi connectivity index (χ1) is 23.1. The summed E-state index contributed by atoms with van der Waals surface area (Å²) in [6.45, 7) is 0.571. The van der Waals surface area contributed by atoms with Crippen LogP contribution in [0.1, 0.15) is 36.1 Å². The van der Waals surface area contributed by atoms with Gasteiger partial charge in [-0.15, -0.1) is 0 Å². The summed E-state index contributed by atoms with van der Waals surface area (Å²) in [5, 5.41) is 1.28. The van der Waals surface area contributed by atoms with Crippen molar-refractivity contribution in [2.75, 3.05) is 50.5 Å². The number of hydrogen-bond donors (Lipinski definition) is 0. The molecule has 15 heteroatoms. The third-order valence-corrected chi connectivity index (χ3v) is 9.75. The number of pyridine rings is 1. The van der Waals surface area contributed by atoms with Crippen molar-refractivity contribution >= 4 is 21.9 Å². The summed E-state index contributed by atoms with van der Waals surface area (Å²) >= 11 is 0. The Balaban J connectivity index is 1.37. The average molecular weight is 693 g/mol. The zero-order valence-corrected chi connectivity index (χ0v) is 27.2. The number of nitrogens with zero attached hydrogens (tertiary/aromatic N) is 4. The van der Waals surface area contributed by atoms with Crippen LogP contribution in [0.4, 0.5) is 18.9 Å². The standard InChI is InChI=1S/C33H39F3N4O7S/c34-33(35,36)31-29(15-9-16-37-31)40(38-18-20-44-21-19-38)48(42,43)39-17-8-7-14-30(39)32(41)47-28(24-45-22-26-10-3-1-4-11-26)25-46-23-27-12-5-2-6-13-27/h1-6,9-13,15-16,28,30H,7-8,14,17-25H2/t30-/m0/s1. The van der Waals surface area contributed by atoms with Gasteiger partial charge in [-0.05, 0) is 42.5 Å². The molecule has 0 unspecified atom stereocenters. The zero-order valence-electron chi connectivity index (χ0n) is 26.3. The molecule has 48 heavy (non-hydrogen) atoms. The lowest BCUT2D eigenvalue weighted by molar-refractivity contribution is -0.162. The van der Waals surface area contributed by atoms with Crippen molar-refractivity contribution in [2.24, 2.45) is 0 Å². The number of anilines is 1. The molecule has 0 bridgehead atoms. The van der Waals surface area contributed by atoms with E-state index in [2.05, 4.69) is 4.98 Å². The number of piperidine rings is 1. The van der Waals surface area contributed by atoms with Crippen LogP contribution < -0.4 is 4.41 Å². The Hall–Kier alpha value is -3.60. The van der Waals surface area contributed by atoms with Crippen LogP contribution in [-0.4, -0.2) is 86.9 Å². The largest absolute Gasteiger partial charge is 0.456 e. The van der Waals surface area contributed by atoms with Gasteiger partial charge >= 0.3 is 22.4 Å². The molecule has 2 saturated heterocycles. The van der Waals surface area contributed by atoms with Gasteiger partial charge in [0.1, 0.15) is 17.8 Å². The van der Waals surface area contributed by atoms with Crippen molar-refractivity contribution in [3.8, 4) is 0 Å². The second-order valence-corrected chi connectivity index (χ2v) is 13.1. The third-order valence-electron chi connectivity index (χ3n) is 7.86. The highest BCUT2D eigenvalue weighted by atomic mass is 32.2. The molecule has 0 saturated carbocycles. The Morgan fingerprint density at radius 2 is 1.50 bits per heavy atom. The van der Waals surface area contributed by atoms with E-state index in [0.29, 0.717) is 17.3 Å². The summed E-state index contributed by atoms with van der Waals surface area (Å²) in [7, 11) is -4.76. The molecule has 0 aliphatic carbocycles. The van der Waals surface area contributed by atoms with E-state index in [9.17, 15) is 26.4 Å². The van der Waals surface area contributed by atoms with Crippen LogP contribution >= 0.6 is 0 Å². The predicted molar refractivity (Wildman–Crippen MR) is 169 cm³/mol. The van der Waals surface area contributed by atoms with Crippen molar-refractivity contribution in [2.45, 2.75) is 50.8 Å². The fourth-order valence-corrected chi connectivity index (χ4v) is 7.49. The quantitative estimate of drug-likeness (QED) is 0.224. The number of morpholine rings is 1. The summed E-state index contributed by atoms with van der Waals surface area (Å²) < 4.78 is 95.8. The van der Waals surface area contributed by atoms with Crippen LogP contribution in [0.25, 0.3) is 0 Å². The maximum atomic E-state index is 14.4. The fraction of sp³-hybridized carbons (Fsp3) is 0.455. The molecule has 2 aromatic carbocycles. The number of aromatic nitrogens is 1. The van der Waals surface area contributed by atoms with E-state index in [4.69, 9.17) is 18.9 Å². The molecule has 0 N–H and O–H groups in total. The minimum atomic E-state index is -4.94. The lowest BCUT2D eigenvalue weighted by Crippen LogP contribution is -2.60. The lowest BCUT2D eigenvalue weighted by atomic mass is 10.1. The molecule has 0 spiro atoms. The van der Waals surface area contributed by atoms with Gasteiger partial charge in [0.25, 0.3) is 0 Å². The van der Waals surface area contributed by atoms with Crippen molar-refractivity contribution in [3.05, 3.63) is 95.8 Å². The van der Waals surface area contributed by atoms with Crippen LogP contribution in [-0.2, 0) is 53.3 Å². The van der Waals surface area contributed by atoms with Crippen molar-refractivity contribution in [1.29, 1.82) is 0 Å². The molecule has 2 aliphatic rings. The molecule has 260 valence electrons. The molecule has 1 aromatic heterocycles. The second kappa shape index (κ2) is 16.7. The van der Waals surface area contributed by atoms with Gasteiger partial charge in [-0.3, -0.25) is 4.79 Å². The van der Waals surface area contributed by atoms with E-state index in [1.54, 1.807) is 0 Å². The molecule has 3 aromatic rings. The highest BCUT2D eigenvalue weighted by Crippen LogP contribution is 2.38. The molecule has 11 nitrogen and oxygen atoms in total. The lowest BCUT2D eigenvalue weighted by Gasteiger charge is -2.43. The van der Waals surface area contributed by atoms with E-state index in [1.165, 1.54) is 11.1 Å². The summed E-state index contributed by atoms with van der Waals surface area (Å²) in [5.41, 5.74) is -0.197. The average Bonchev–Trinajstić information content (AvgIpc) is 3.09. The van der Waals surface area contributed by atoms with Gasteiger partial charge in [0.05, 0.1) is 39.6 Å². The summed E-state index contributed by atoms with van der Waals surface area (Å²) in [6.07, 6.45) is -3.83. The molecule has 2 aliphatic heterocycles. The number of esters is 1. The number of ether oxygens (including phenoxy) is 4. The zero-order chi connectivity index (χ0) is 34.0. The first-order valence-electron chi connectivity index (χ1n) is 15.8. The highest BCUT2D eigenvalue weighted by molar-refractivity contribution is 7.90. The van der Waals surface area contributed by atoms with Gasteiger partial charge in [-0.25, -0.2) is 9.99 Å². The fourth-order valence-electron chi connectivity index (χ4n) is 5.57. The van der Waals surface area contributed by atoms with Gasteiger partial charge in [0.15, 0.2) is 5.69 Å². The number of carbonyl (C=O) groups is 1. The Morgan fingerprint density at radius 1 is 0.896 bits per heavy atom. The van der Waals surface area contributed by atoms with Gasteiger partial charge < -0.3 is 18.9 Å². The minimum Gasteiger partial charge on any atom is -0.456 e. The number of alkyl halides is 3. The van der Waals surface area contributed by atoms with E-state index < -0.39 is 45.9 Å². The van der Waals surface area contributed by atoms with Gasteiger partial charge in [-0.2, -0.15) is 30.3 Å². The van der Waals surface area contributed by atoms with E-state index in [-0.39, 0.29) is 65.7 Å². The molecule has 0 amide bonds. The maximum absolute atomic E-state index is 14.4. The van der Waals surface area contributed by atoms with Crippen molar-refractivity contribution in [3.63, 3.8) is 0 Å². The summed E-state index contributed by atoms with van der Waals surface area (Å²) in [5.74, 6) is -0.834. The Morgan fingerprint density at radius 3 is 2.08 bits per heavy atom. The third kappa shape index (κ3) is 9.30. The molecular formula is C33H39F3N4O7S. The Labute approximate surface area is 278 Å². The normalized spacial score (nSPS) is 18.1. The summed E-state index contributed by atoms with van der Waals surface area (Å²) in [4.78, 5) is 17.3. The second-order valence-electron chi connectivity index (χ2n) is 11.4. The molecule has 1 atom stereocenters. The Bertz CT molecular complexity index is 1520. The van der Waals surface area contributed by atoms with Crippen molar-refractivity contribution in [1.82, 2.24) is 14.3 Å². The van der Waals surface area contributed by atoms with Crippen molar-refractivity contribution < 1.29 is 45.3 Å². The number of benzene rings is 2. The number of rotatable bonds is 14. The molecular weight excluding hydrogens is 653 g/mol. The van der Waals surface area contributed by atoms with Crippen LogP contribution in [0.5, 0.6) is 0 Å². The number of hydrazine groups is 1. The highest BCUT2D eigenvalue weighted by Gasteiger charge is 2.47. The number of hydrogen-bond acceptors (Lipinski definition) is 9. The van der Waals surface area contributed by atoms with E-state index in [0.717, 1.165) is 27.7 Å². The number of carbonyl (C=O) groups excluding carboxylic acids is 1. The monoisotopic (exact) mass is 692 g/mol. The maximum Gasteiger partial charge on any atom is 0.435 e. The molecule has 5 rings (SSSR count). The minimum absolute atomic E-state index is 0.00789. The predicted octanol–water partition coefficient (Wildman–Crippen LogP) is 4.60. The van der Waals surface area contributed by atoms with Crippen LogP contribution in [0, 0.1) is 0 Å². The molecule has 0 radical (unpaired) electrons. The summed E-state index contributed by atoms with van der Waals surface area (Å²) in [6, 6.07) is 19.9. The first-order valence-corrected chi connectivity index (χ1v) is 17.1. The van der Waals surface area contributed by atoms with E-state index >= 15 is 0 Å². The topological polar surface area (TPSA) is 111 Å².